The van der Waals surface area contributed by atoms with Gasteiger partial charge in [-0.2, -0.15) is 0 Å². The lowest BCUT2D eigenvalue weighted by atomic mass is 10.1. The molecule has 0 aliphatic carbocycles. The minimum atomic E-state index is -0.170. The van der Waals surface area contributed by atoms with E-state index in [1.54, 1.807) is 18.3 Å². The number of aromatic nitrogens is 4. The lowest BCUT2D eigenvalue weighted by Crippen LogP contribution is -2.15. The van der Waals surface area contributed by atoms with E-state index in [4.69, 9.17) is 4.74 Å². The Labute approximate surface area is 188 Å². The van der Waals surface area contributed by atoms with Crippen LogP contribution in [0.1, 0.15) is 17.0 Å². The van der Waals surface area contributed by atoms with Crippen LogP contribution in [0.2, 0.25) is 0 Å². The number of pyridine rings is 1. The molecule has 0 fully saturated rings. The van der Waals surface area contributed by atoms with Gasteiger partial charge >= 0.3 is 0 Å². The van der Waals surface area contributed by atoms with E-state index in [0.717, 1.165) is 15.8 Å². The topological polar surface area (TPSA) is 81.9 Å². The first-order valence-electron chi connectivity index (χ1n) is 9.24. The predicted molar refractivity (Wildman–Crippen MR) is 122 cm³/mol. The number of hydrogen-bond donors (Lipinski definition) is 1. The van der Waals surface area contributed by atoms with Crippen molar-refractivity contribution in [1.29, 1.82) is 0 Å². The highest BCUT2D eigenvalue weighted by atomic mass is 79.9. The lowest BCUT2D eigenvalue weighted by Gasteiger charge is -2.12. The molecule has 30 heavy (non-hydrogen) atoms. The number of rotatable bonds is 9. The summed E-state index contributed by atoms with van der Waals surface area (Å²) in [6, 6.07) is 9.50. The summed E-state index contributed by atoms with van der Waals surface area (Å²) in [6.45, 7) is 8.68. The molecule has 3 rings (SSSR count). The fourth-order valence-electron chi connectivity index (χ4n) is 2.63. The molecular formula is C21H22BrN5O2S. The highest BCUT2D eigenvalue weighted by Crippen LogP contribution is 2.23. The van der Waals surface area contributed by atoms with E-state index in [1.165, 1.54) is 17.3 Å². The highest BCUT2D eigenvalue weighted by Gasteiger charge is 2.15. The minimum Gasteiger partial charge on any atom is -0.485 e. The number of thioether (sulfide) groups is 1. The molecule has 1 aromatic carbocycles. The van der Waals surface area contributed by atoms with Gasteiger partial charge in [-0.1, -0.05) is 30.0 Å². The molecule has 9 heteroatoms. The molecule has 2 aromatic heterocycles. The Morgan fingerprint density at radius 1 is 1.30 bits per heavy atom. The number of carbonyl (C=O) groups excluding carboxylic acids is 1. The van der Waals surface area contributed by atoms with Crippen LogP contribution in [0.5, 0.6) is 5.75 Å². The van der Waals surface area contributed by atoms with Crippen molar-refractivity contribution in [3.63, 3.8) is 0 Å². The van der Waals surface area contributed by atoms with Crippen molar-refractivity contribution in [1.82, 2.24) is 19.7 Å². The largest absolute Gasteiger partial charge is 0.485 e. The van der Waals surface area contributed by atoms with Crippen LogP contribution < -0.4 is 10.1 Å². The second kappa shape index (κ2) is 10.4. The van der Waals surface area contributed by atoms with Gasteiger partial charge in [-0.05, 0) is 59.1 Å². The molecule has 7 nitrogen and oxygen atoms in total. The molecule has 3 aromatic rings. The van der Waals surface area contributed by atoms with Gasteiger partial charge in [-0.15, -0.1) is 16.8 Å². The normalized spacial score (nSPS) is 10.6. The van der Waals surface area contributed by atoms with Crippen LogP contribution in [0.15, 0.2) is 58.8 Å². The number of anilines is 1. The van der Waals surface area contributed by atoms with Gasteiger partial charge in [-0.3, -0.25) is 9.36 Å². The van der Waals surface area contributed by atoms with Gasteiger partial charge in [0.05, 0.1) is 5.75 Å². The van der Waals surface area contributed by atoms with Gasteiger partial charge in [0.25, 0.3) is 0 Å². The highest BCUT2D eigenvalue weighted by molar-refractivity contribution is 9.10. The standard InChI is InChI=1S/C21H22BrN5O2S/c1-4-10-27-19(12-29-17-7-5-6-14(2)15(17)3)25-26-21(27)30-13-20(28)24-18-9-8-16(22)11-23-18/h4-9,11H,1,10,12-13H2,2-3H3,(H,23,24,28). The summed E-state index contributed by atoms with van der Waals surface area (Å²) in [6.07, 6.45) is 3.40. The Bertz CT molecular complexity index is 1040. The van der Waals surface area contributed by atoms with Crippen LogP contribution in [0.3, 0.4) is 0 Å². The Morgan fingerprint density at radius 3 is 2.87 bits per heavy atom. The lowest BCUT2D eigenvalue weighted by molar-refractivity contribution is -0.113. The predicted octanol–water partition coefficient (Wildman–Crippen LogP) is 4.55. The third kappa shape index (κ3) is 5.70. The Morgan fingerprint density at radius 2 is 2.13 bits per heavy atom. The number of nitrogens with zero attached hydrogens (tertiary/aromatic N) is 4. The monoisotopic (exact) mass is 487 g/mol. The van der Waals surface area contributed by atoms with E-state index >= 15 is 0 Å². The van der Waals surface area contributed by atoms with E-state index in [1.807, 2.05) is 42.7 Å². The molecule has 156 valence electrons. The molecule has 0 unspecified atom stereocenters. The molecule has 0 bridgehead atoms. The molecule has 1 N–H and O–H groups in total. The molecule has 1 amide bonds. The molecular weight excluding hydrogens is 466 g/mol. The third-order valence-corrected chi connectivity index (χ3v) is 5.78. The van der Waals surface area contributed by atoms with Crippen LogP contribution >= 0.6 is 27.7 Å². The SMILES string of the molecule is C=CCn1c(COc2cccc(C)c2C)nnc1SCC(=O)Nc1ccc(Br)cn1. The number of nitrogens with one attached hydrogen (secondary N) is 1. The number of allylic oxidation sites excluding steroid dienone is 1. The number of benzene rings is 1. The van der Waals surface area contributed by atoms with Crippen LogP contribution in [0.4, 0.5) is 5.82 Å². The maximum atomic E-state index is 12.2. The molecule has 0 aliphatic rings. The van der Waals surface area contributed by atoms with Crippen molar-refractivity contribution in [3.05, 3.63) is 70.6 Å². The first kappa shape index (κ1) is 22.0. The average Bonchev–Trinajstić information content (AvgIpc) is 3.11. The van der Waals surface area contributed by atoms with Gasteiger partial charge < -0.3 is 10.1 Å². The van der Waals surface area contributed by atoms with E-state index in [0.29, 0.717) is 23.3 Å². The maximum absolute atomic E-state index is 12.2. The summed E-state index contributed by atoms with van der Waals surface area (Å²) >= 11 is 4.62. The van der Waals surface area contributed by atoms with E-state index in [9.17, 15) is 4.79 Å². The van der Waals surface area contributed by atoms with Crippen molar-refractivity contribution < 1.29 is 9.53 Å². The van der Waals surface area contributed by atoms with Crippen LogP contribution in [-0.2, 0) is 17.9 Å². The first-order chi connectivity index (χ1) is 14.5. The van der Waals surface area contributed by atoms with E-state index < -0.39 is 0 Å². The first-order valence-corrected chi connectivity index (χ1v) is 11.0. The smallest absolute Gasteiger partial charge is 0.236 e. The Kier molecular flexibility index (Phi) is 7.64. The number of ether oxygens (including phenoxy) is 1. The summed E-state index contributed by atoms with van der Waals surface area (Å²) in [4.78, 5) is 16.4. The van der Waals surface area contributed by atoms with Crippen molar-refractivity contribution in [3.8, 4) is 5.75 Å². The van der Waals surface area contributed by atoms with Crippen molar-refractivity contribution in [2.75, 3.05) is 11.1 Å². The third-order valence-electron chi connectivity index (χ3n) is 4.34. The zero-order valence-corrected chi connectivity index (χ0v) is 19.2. The van der Waals surface area contributed by atoms with Crippen LogP contribution in [0.25, 0.3) is 0 Å². The van der Waals surface area contributed by atoms with Crippen molar-refractivity contribution in [2.45, 2.75) is 32.2 Å². The Hall–Kier alpha value is -2.65. The summed E-state index contributed by atoms with van der Waals surface area (Å²) in [5.74, 6) is 2.01. The van der Waals surface area contributed by atoms with Gasteiger partial charge in [0, 0.05) is 17.2 Å². The van der Waals surface area contributed by atoms with Crippen LogP contribution in [0, 0.1) is 13.8 Å². The van der Waals surface area contributed by atoms with E-state index in [2.05, 4.69) is 43.0 Å². The molecule has 0 saturated carbocycles. The molecule has 0 saturated heterocycles. The van der Waals surface area contributed by atoms with Crippen molar-refractivity contribution >= 4 is 39.4 Å². The number of carbonyl (C=O) groups is 1. The number of aryl methyl sites for hydroxylation is 1. The fraction of sp³-hybridized carbons (Fsp3) is 0.238. The quantitative estimate of drug-likeness (QED) is 0.352. The van der Waals surface area contributed by atoms with Gasteiger partial charge in [0.15, 0.2) is 11.0 Å². The summed E-state index contributed by atoms with van der Waals surface area (Å²) < 4.78 is 8.71. The summed E-state index contributed by atoms with van der Waals surface area (Å²) in [5.41, 5.74) is 2.27. The van der Waals surface area contributed by atoms with Crippen LogP contribution in [-0.4, -0.2) is 31.4 Å². The molecule has 0 aliphatic heterocycles. The van der Waals surface area contributed by atoms with Gasteiger partial charge in [-0.25, -0.2) is 4.98 Å². The Balaban J connectivity index is 1.63. The molecule has 0 spiro atoms. The minimum absolute atomic E-state index is 0.170. The number of halogens is 1. The zero-order chi connectivity index (χ0) is 21.5. The molecule has 2 heterocycles. The summed E-state index contributed by atoms with van der Waals surface area (Å²) in [5, 5.41) is 11.9. The van der Waals surface area contributed by atoms with Gasteiger partial charge in [0.1, 0.15) is 18.2 Å². The number of hydrogen-bond acceptors (Lipinski definition) is 6. The zero-order valence-electron chi connectivity index (χ0n) is 16.8. The second-order valence-corrected chi connectivity index (χ2v) is 8.34. The fourth-order valence-corrected chi connectivity index (χ4v) is 3.63. The summed E-state index contributed by atoms with van der Waals surface area (Å²) in [7, 11) is 0. The van der Waals surface area contributed by atoms with Crippen molar-refractivity contribution in [2.24, 2.45) is 0 Å². The molecule has 0 radical (unpaired) electrons. The second-order valence-electron chi connectivity index (χ2n) is 6.48. The average molecular weight is 488 g/mol. The van der Waals surface area contributed by atoms with Gasteiger partial charge in [0.2, 0.25) is 5.91 Å². The van der Waals surface area contributed by atoms with E-state index in [-0.39, 0.29) is 18.3 Å². The molecule has 0 atom stereocenters. The maximum Gasteiger partial charge on any atom is 0.236 e. The number of amides is 1.